The van der Waals surface area contributed by atoms with Crippen molar-refractivity contribution in [1.82, 2.24) is 5.32 Å². The first kappa shape index (κ1) is 13.8. The van der Waals surface area contributed by atoms with E-state index in [2.05, 4.69) is 44.8 Å². The Balaban J connectivity index is 2.38. The fourth-order valence-electron chi connectivity index (χ4n) is 1.73. The Morgan fingerprint density at radius 3 is 2.76 bits per heavy atom. The Hall–Kier alpha value is -1.28. The molecule has 0 spiro atoms. The van der Waals surface area contributed by atoms with E-state index in [-0.39, 0.29) is 0 Å². The summed E-state index contributed by atoms with van der Waals surface area (Å²) < 4.78 is 5.81. The molecular formula is C15H23NO. The van der Waals surface area contributed by atoms with Gasteiger partial charge in [-0.15, -0.1) is 6.58 Å². The summed E-state index contributed by atoms with van der Waals surface area (Å²) in [5.41, 5.74) is 3.80. The quantitative estimate of drug-likeness (QED) is 0.577. The third-order valence-electron chi connectivity index (χ3n) is 2.81. The van der Waals surface area contributed by atoms with Crippen molar-refractivity contribution in [2.75, 3.05) is 19.7 Å². The lowest BCUT2D eigenvalue weighted by molar-refractivity contribution is 0.306. The number of benzene rings is 1. The predicted octanol–water partition coefficient (Wildman–Crippen LogP) is 3.16. The van der Waals surface area contributed by atoms with Crippen LogP contribution in [0.1, 0.15) is 23.1 Å². The van der Waals surface area contributed by atoms with E-state index >= 15 is 0 Å². The van der Waals surface area contributed by atoms with Crippen LogP contribution in [0, 0.1) is 20.8 Å². The van der Waals surface area contributed by atoms with Gasteiger partial charge in [-0.1, -0.05) is 12.1 Å². The van der Waals surface area contributed by atoms with E-state index in [1.807, 2.05) is 6.08 Å². The highest BCUT2D eigenvalue weighted by atomic mass is 16.5. The van der Waals surface area contributed by atoms with Crippen LogP contribution in [0.25, 0.3) is 0 Å². The Morgan fingerprint density at radius 1 is 1.29 bits per heavy atom. The molecule has 1 aromatic carbocycles. The van der Waals surface area contributed by atoms with Gasteiger partial charge in [0.25, 0.3) is 0 Å². The first-order valence-corrected chi connectivity index (χ1v) is 6.17. The van der Waals surface area contributed by atoms with Crippen molar-refractivity contribution in [1.29, 1.82) is 0 Å². The number of hydrogen-bond acceptors (Lipinski definition) is 2. The van der Waals surface area contributed by atoms with Crippen LogP contribution in [-0.2, 0) is 0 Å². The molecule has 0 heterocycles. The number of nitrogens with one attached hydrogen (secondary N) is 1. The number of rotatable bonds is 7. The van der Waals surface area contributed by atoms with Gasteiger partial charge in [0.05, 0.1) is 6.61 Å². The van der Waals surface area contributed by atoms with Gasteiger partial charge in [-0.25, -0.2) is 0 Å². The average Bonchev–Trinajstić information content (AvgIpc) is 2.29. The van der Waals surface area contributed by atoms with E-state index in [1.54, 1.807) is 0 Å². The number of hydrogen-bond donors (Lipinski definition) is 1. The van der Waals surface area contributed by atoms with Crippen LogP contribution in [0.15, 0.2) is 24.8 Å². The van der Waals surface area contributed by atoms with Crippen molar-refractivity contribution in [3.8, 4) is 5.75 Å². The predicted molar refractivity (Wildman–Crippen MR) is 73.8 cm³/mol. The third kappa shape index (κ3) is 4.61. The second-order valence-corrected chi connectivity index (χ2v) is 4.40. The maximum Gasteiger partial charge on any atom is 0.122 e. The molecule has 1 aromatic rings. The van der Waals surface area contributed by atoms with Crippen LogP contribution in [-0.4, -0.2) is 19.7 Å². The molecule has 0 unspecified atom stereocenters. The molecule has 0 fully saturated rings. The van der Waals surface area contributed by atoms with Gasteiger partial charge in [0.1, 0.15) is 5.75 Å². The first-order valence-electron chi connectivity index (χ1n) is 6.17. The summed E-state index contributed by atoms with van der Waals surface area (Å²) in [6, 6.07) is 4.30. The Kier molecular flexibility index (Phi) is 5.78. The zero-order valence-corrected chi connectivity index (χ0v) is 11.2. The maximum absolute atomic E-state index is 5.81. The minimum atomic E-state index is 0.758. The van der Waals surface area contributed by atoms with Gasteiger partial charge in [-0.2, -0.15) is 0 Å². The molecule has 94 valence electrons. The molecule has 17 heavy (non-hydrogen) atoms. The van der Waals surface area contributed by atoms with Crippen molar-refractivity contribution < 1.29 is 4.74 Å². The summed E-state index contributed by atoms with van der Waals surface area (Å²) in [4.78, 5) is 0. The van der Waals surface area contributed by atoms with Crippen molar-refractivity contribution in [2.45, 2.75) is 27.2 Å². The minimum Gasteiger partial charge on any atom is -0.493 e. The van der Waals surface area contributed by atoms with Crippen LogP contribution in [0.3, 0.4) is 0 Å². The second kappa shape index (κ2) is 7.13. The summed E-state index contributed by atoms with van der Waals surface area (Å²) >= 11 is 0. The van der Waals surface area contributed by atoms with Gasteiger partial charge in [0.15, 0.2) is 0 Å². The number of aryl methyl sites for hydroxylation is 2. The third-order valence-corrected chi connectivity index (χ3v) is 2.81. The topological polar surface area (TPSA) is 21.3 Å². The lowest BCUT2D eigenvalue weighted by atomic mass is 10.1. The van der Waals surface area contributed by atoms with Gasteiger partial charge in [0, 0.05) is 6.54 Å². The highest BCUT2D eigenvalue weighted by Crippen LogP contribution is 2.23. The van der Waals surface area contributed by atoms with Crippen molar-refractivity contribution in [3.63, 3.8) is 0 Å². The molecule has 2 nitrogen and oxygen atoms in total. The fourth-order valence-corrected chi connectivity index (χ4v) is 1.73. The van der Waals surface area contributed by atoms with E-state index in [0.29, 0.717) is 0 Å². The molecule has 0 amide bonds. The monoisotopic (exact) mass is 233 g/mol. The van der Waals surface area contributed by atoms with Gasteiger partial charge in [-0.05, 0) is 56.5 Å². The molecule has 1 rings (SSSR count). The minimum absolute atomic E-state index is 0.758. The highest BCUT2D eigenvalue weighted by Gasteiger charge is 2.03. The van der Waals surface area contributed by atoms with Crippen LogP contribution in [0.2, 0.25) is 0 Å². The summed E-state index contributed by atoms with van der Waals surface area (Å²) in [6.45, 7) is 12.6. The molecule has 2 heteroatoms. The molecular weight excluding hydrogens is 210 g/mol. The van der Waals surface area contributed by atoms with Crippen LogP contribution >= 0.6 is 0 Å². The maximum atomic E-state index is 5.81. The summed E-state index contributed by atoms with van der Waals surface area (Å²) in [5, 5.41) is 3.26. The SMILES string of the molecule is C=CCNCCCOc1cc(C)cc(C)c1C. The Labute approximate surface area is 105 Å². The van der Waals surface area contributed by atoms with Crippen LogP contribution < -0.4 is 10.1 Å². The number of ether oxygens (including phenoxy) is 1. The van der Waals surface area contributed by atoms with E-state index in [1.165, 1.54) is 16.7 Å². The van der Waals surface area contributed by atoms with Crippen molar-refractivity contribution >= 4 is 0 Å². The van der Waals surface area contributed by atoms with Crippen molar-refractivity contribution in [2.24, 2.45) is 0 Å². The first-order chi connectivity index (χ1) is 8.15. The Bertz CT molecular complexity index is 371. The van der Waals surface area contributed by atoms with E-state index < -0.39 is 0 Å². The molecule has 0 radical (unpaired) electrons. The van der Waals surface area contributed by atoms with Crippen LogP contribution in [0.5, 0.6) is 5.75 Å². The lowest BCUT2D eigenvalue weighted by Gasteiger charge is -2.12. The summed E-state index contributed by atoms with van der Waals surface area (Å²) in [5.74, 6) is 1.02. The van der Waals surface area contributed by atoms with Gasteiger partial charge in [-0.3, -0.25) is 0 Å². The fraction of sp³-hybridized carbons (Fsp3) is 0.467. The van der Waals surface area contributed by atoms with Gasteiger partial charge in [0.2, 0.25) is 0 Å². The molecule has 0 atom stereocenters. The average molecular weight is 233 g/mol. The molecule has 0 aliphatic rings. The highest BCUT2D eigenvalue weighted by molar-refractivity contribution is 5.41. The standard InChI is InChI=1S/C15H23NO/c1-5-7-16-8-6-9-17-15-11-12(2)10-13(3)14(15)4/h5,10-11,16H,1,6-9H2,2-4H3. The molecule has 0 saturated heterocycles. The molecule has 0 aliphatic heterocycles. The Morgan fingerprint density at radius 2 is 2.06 bits per heavy atom. The lowest BCUT2D eigenvalue weighted by Crippen LogP contribution is -2.17. The molecule has 1 N–H and O–H groups in total. The van der Waals surface area contributed by atoms with Crippen LogP contribution in [0.4, 0.5) is 0 Å². The van der Waals surface area contributed by atoms with E-state index in [9.17, 15) is 0 Å². The largest absolute Gasteiger partial charge is 0.493 e. The normalized spacial score (nSPS) is 10.3. The zero-order chi connectivity index (χ0) is 12.7. The molecule has 0 saturated carbocycles. The van der Waals surface area contributed by atoms with Gasteiger partial charge < -0.3 is 10.1 Å². The summed E-state index contributed by atoms with van der Waals surface area (Å²) in [7, 11) is 0. The summed E-state index contributed by atoms with van der Waals surface area (Å²) in [6.07, 6.45) is 2.88. The van der Waals surface area contributed by atoms with Gasteiger partial charge >= 0.3 is 0 Å². The molecule has 0 aromatic heterocycles. The second-order valence-electron chi connectivity index (χ2n) is 4.40. The smallest absolute Gasteiger partial charge is 0.122 e. The molecule has 0 bridgehead atoms. The van der Waals surface area contributed by atoms with E-state index in [4.69, 9.17) is 4.74 Å². The van der Waals surface area contributed by atoms with E-state index in [0.717, 1.165) is 31.9 Å². The molecule has 0 aliphatic carbocycles. The van der Waals surface area contributed by atoms with Crippen molar-refractivity contribution in [3.05, 3.63) is 41.5 Å². The zero-order valence-electron chi connectivity index (χ0n) is 11.2.